The summed E-state index contributed by atoms with van der Waals surface area (Å²) < 4.78 is 4.56. The minimum atomic E-state index is -0.194. The summed E-state index contributed by atoms with van der Waals surface area (Å²) in [5, 5.41) is 3.27. The number of carbonyl (C=O) groups excluding carboxylic acids is 1. The Balaban J connectivity index is 0.00000324. The molecule has 0 amide bonds. The van der Waals surface area contributed by atoms with Crippen LogP contribution >= 0.6 is 24.0 Å². The van der Waals surface area contributed by atoms with Crippen LogP contribution in [-0.4, -0.2) is 31.6 Å². The van der Waals surface area contributed by atoms with Gasteiger partial charge in [-0.05, 0) is 19.3 Å². The molecule has 0 radical (unpaired) electrons. The number of nitrogens with two attached hydrogens (primary N) is 1. The van der Waals surface area contributed by atoms with E-state index in [1.165, 1.54) is 45.6 Å². The van der Waals surface area contributed by atoms with Gasteiger partial charge in [0.1, 0.15) is 0 Å². The number of nitrogens with zero attached hydrogens (tertiary/aromatic N) is 1. The Hall–Kier alpha value is -0.530. The molecule has 6 heteroatoms. The first-order chi connectivity index (χ1) is 8.72. The van der Waals surface area contributed by atoms with E-state index in [0.717, 1.165) is 0 Å². The highest BCUT2D eigenvalue weighted by Crippen LogP contribution is 2.16. The Morgan fingerprint density at radius 1 is 1.32 bits per heavy atom. The van der Waals surface area contributed by atoms with Gasteiger partial charge in [-0.15, -0.1) is 24.0 Å². The topological polar surface area (TPSA) is 76.7 Å². The number of methoxy groups -OCH3 is 1. The lowest BCUT2D eigenvalue weighted by Gasteiger charge is -2.16. The van der Waals surface area contributed by atoms with Crippen LogP contribution in [0.4, 0.5) is 0 Å². The molecule has 1 fully saturated rings. The molecule has 0 aromatic heterocycles. The summed E-state index contributed by atoms with van der Waals surface area (Å²) in [6, 6.07) is 0.469. The highest BCUT2D eigenvalue weighted by molar-refractivity contribution is 14.0. The molecular formula is C13H26IN3O2. The molecule has 0 spiro atoms. The zero-order valence-electron chi connectivity index (χ0n) is 11.7. The fraction of sp³-hybridized carbons (Fsp3) is 0.846. The van der Waals surface area contributed by atoms with Crippen LogP contribution in [-0.2, 0) is 9.53 Å². The standard InChI is InChI=1S/C13H25N3O2.HI/c1-18-12(17)9-6-10-15-13(14)16-11-7-4-2-3-5-8-11;/h11H,2-10H2,1H3,(H3,14,15,16);1H. The quantitative estimate of drug-likeness (QED) is 0.191. The average Bonchev–Trinajstić information content (AvgIpc) is 2.63. The average molecular weight is 383 g/mol. The SMILES string of the molecule is COC(=O)CCCN=C(N)NC1CCCCCC1.I. The molecule has 112 valence electrons. The van der Waals surface area contributed by atoms with E-state index in [0.29, 0.717) is 31.4 Å². The highest BCUT2D eigenvalue weighted by atomic mass is 127. The summed E-state index contributed by atoms with van der Waals surface area (Å²) >= 11 is 0. The third-order valence-electron chi connectivity index (χ3n) is 3.26. The van der Waals surface area contributed by atoms with Crippen molar-refractivity contribution in [1.29, 1.82) is 0 Å². The number of ether oxygens (including phenoxy) is 1. The van der Waals surface area contributed by atoms with Crippen LogP contribution in [0.5, 0.6) is 0 Å². The first-order valence-electron chi connectivity index (χ1n) is 6.85. The molecule has 5 nitrogen and oxygen atoms in total. The maximum Gasteiger partial charge on any atom is 0.305 e. The number of hydrogen-bond donors (Lipinski definition) is 2. The van der Waals surface area contributed by atoms with E-state index in [-0.39, 0.29) is 29.9 Å². The van der Waals surface area contributed by atoms with E-state index in [1.807, 2.05) is 0 Å². The van der Waals surface area contributed by atoms with Crippen molar-refractivity contribution in [3.8, 4) is 0 Å². The molecule has 0 unspecified atom stereocenters. The molecule has 1 aliphatic rings. The predicted octanol–water partition coefficient (Wildman–Crippen LogP) is 2.18. The van der Waals surface area contributed by atoms with Crippen molar-refractivity contribution in [3.63, 3.8) is 0 Å². The molecule has 0 aromatic carbocycles. The third-order valence-corrected chi connectivity index (χ3v) is 3.26. The van der Waals surface area contributed by atoms with E-state index in [1.54, 1.807) is 0 Å². The van der Waals surface area contributed by atoms with Gasteiger partial charge >= 0.3 is 5.97 Å². The number of guanidine groups is 1. The number of halogens is 1. The second-order valence-electron chi connectivity index (χ2n) is 4.78. The molecule has 0 atom stereocenters. The second-order valence-corrected chi connectivity index (χ2v) is 4.78. The highest BCUT2D eigenvalue weighted by Gasteiger charge is 2.12. The molecule has 0 saturated heterocycles. The molecule has 0 bridgehead atoms. The van der Waals surface area contributed by atoms with Crippen molar-refractivity contribution < 1.29 is 9.53 Å². The van der Waals surface area contributed by atoms with E-state index < -0.39 is 0 Å². The largest absolute Gasteiger partial charge is 0.469 e. The molecule has 19 heavy (non-hydrogen) atoms. The zero-order chi connectivity index (χ0) is 13.2. The zero-order valence-corrected chi connectivity index (χ0v) is 14.0. The minimum absolute atomic E-state index is 0. The number of nitrogens with one attached hydrogen (secondary N) is 1. The molecule has 1 saturated carbocycles. The molecule has 1 aliphatic carbocycles. The summed E-state index contributed by atoms with van der Waals surface area (Å²) in [6.07, 6.45) is 8.64. The van der Waals surface area contributed by atoms with Crippen molar-refractivity contribution in [2.75, 3.05) is 13.7 Å². The van der Waals surface area contributed by atoms with E-state index in [9.17, 15) is 4.79 Å². The molecule has 0 aliphatic heterocycles. The number of hydrogen-bond acceptors (Lipinski definition) is 3. The molecule has 3 N–H and O–H groups in total. The van der Waals surface area contributed by atoms with Crippen LogP contribution < -0.4 is 11.1 Å². The maximum atomic E-state index is 10.9. The van der Waals surface area contributed by atoms with Gasteiger partial charge in [-0.1, -0.05) is 25.7 Å². The van der Waals surface area contributed by atoms with Gasteiger partial charge < -0.3 is 15.8 Å². The van der Waals surface area contributed by atoms with E-state index >= 15 is 0 Å². The van der Waals surface area contributed by atoms with Gasteiger partial charge in [-0.25, -0.2) is 0 Å². The summed E-state index contributed by atoms with van der Waals surface area (Å²) in [5.74, 6) is 0.312. The number of aliphatic imine (C=N–C) groups is 1. The van der Waals surface area contributed by atoms with Crippen molar-refractivity contribution in [2.45, 2.75) is 57.4 Å². The first kappa shape index (κ1) is 18.5. The van der Waals surface area contributed by atoms with Crippen LogP contribution in [0, 0.1) is 0 Å². The van der Waals surface area contributed by atoms with Gasteiger partial charge in [0.15, 0.2) is 5.96 Å². The van der Waals surface area contributed by atoms with Gasteiger partial charge in [0.05, 0.1) is 7.11 Å². The summed E-state index contributed by atoms with van der Waals surface area (Å²) in [5.41, 5.74) is 5.83. The Morgan fingerprint density at radius 2 is 1.95 bits per heavy atom. The Bertz CT molecular complexity index is 277. The lowest BCUT2D eigenvalue weighted by molar-refractivity contribution is -0.140. The van der Waals surface area contributed by atoms with Crippen molar-refractivity contribution in [3.05, 3.63) is 0 Å². The Morgan fingerprint density at radius 3 is 2.53 bits per heavy atom. The van der Waals surface area contributed by atoms with Crippen LogP contribution in [0.15, 0.2) is 4.99 Å². The molecule has 0 aromatic rings. The molecule has 0 heterocycles. The molecular weight excluding hydrogens is 357 g/mol. The predicted molar refractivity (Wildman–Crippen MR) is 87.8 cm³/mol. The van der Waals surface area contributed by atoms with Crippen LogP contribution in [0.3, 0.4) is 0 Å². The fourth-order valence-electron chi connectivity index (χ4n) is 2.20. The number of esters is 1. The Labute approximate surface area is 132 Å². The summed E-state index contributed by atoms with van der Waals surface area (Å²) in [4.78, 5) is 15.1. The van der Waals surface area contributed by atoms with E-state index in [2.05, 4.69) is 15.0 Å². The monoisotopic (exact) mass is 383 g/mol. The van der Waals surface area contributed by atoms with Gasteiger partial charge in [0, 0.05) is 19.0 Å². The molecule has 1 rings (SSSR count). The maximum absolute atomic E-state index is 10.9. The minimum Gasteiger partial charge on any atom is -0.469 e. The van der Waals surface area contributed by atoms with Gasteiger partial charge in [-0.3, -0.25) is 9.79 Å². The number of rotatable bonds is 5. The lowest BCUT2D eigenvalue weighted by atomic mass is 10.1. The van der Waals surface area contributed by atoms with Crippen LogP contribution in [0.2, 0.25) is 0 Å². The summed E-state index contributed by atoms with van der Waals surface area (Å²) in [6.45, 7) is 0.570. The lowest BCUT2D eigenvalue weighted by Crippen LogP contribution is -2.39. The van der Waals surface area contributed by atoms with Gasteiger partial charge in [0.25, 0.3) is 0 Å². The van der Waals surface area contributed by atoms with E-state index in [4.69, 9.17) is 5.73 Å². The number of carbonyl (C=O) groups is 1. The Kier molecular flexibility index (Phi) is 11.0. The first-order valence-corrected chi connectivity index (χ1v) is 6.85. The van der Waals surface area contributed by atoms with Crippen LogP contribution in [0.25, 0.3) is 0 Å². The second kappa shape index (κ2) is 11.3. The fourth-order valence-corrected chi connectivity index (χ4v) is 2.20. The smallest absolute Gasteiger partial charge is 0.305 e. The van der Waals surface area contributed by atoms with Crippen LogP contribution in [0.1, 0.15) is 51.4 Å². The summed E-state index contributed by atoms with van der Waals surface area (Å²) in [7, 11) is 1.40. The van der Waals surface area contributed by atoms with Gasteiger partial charge in [0.2, 0.25) is 0 Å². The normalized spacial score (nSPS) is 17.2. The van der Waals surface area contributed by atoms with Crippen molar-refractivity contribution in [1.82, 2.24) is 5.32 Å². The van der Waals surface area contributed by atoms with Crippen molar-refractivity contribution >= 4 is 35.9 Å². The third kappa shape index (κ3) is 9.07. The van der Waals surface area contributed by atoms with Gasteiger partial charge in [-0.2, -0.15) is 0 Å². The van der Waals surface area contributed by atoms with Crippen molar-refractivity contribution in [2.24, 2.45) is 10.7 Å².